The number of aromatic amines is 1. The van der Waals surface area contributed by atoms with Gasteiger partial charge in [-0.25, -0.2) is 0 Å². The number of H-pyrrole nitrogens is 1. The number of hydrogen-bond donors (Lipinski definition) is 3. The maximum atomic E-state index is 4.47. The minimum absolute atomic E-state index is 0.202. The van der Waals surface area contributed by atoms with Crippen molar-refractivity contribution in [1.82, 2.24) is 15.6 Å². The van der Waals surface area contributed by atoms with Gasteiger partial charge >= 0.3 is 0 Å². The monoisotopic (exact) mass is 587 g/mol. The number of aromatic nitrogens is 1. The average Bonchev–Trinajstić information content (AvgIpc) is 3.32. The third kappa shape index (κ3) is 7.03. The van der Waals surface area contributed by atoms with Gasteiger partial charge in [0, 0.05) is 38.2 Å². The van der Waals surface area contributed by atoms with E-state index in [2.05, 4.69) is 103 Å². The molecule has 1 saturated carbocycles. The first-order valence-corrected chi connectivity index (χ1v) is 14.7. The molecule has 0 saturated heterocycles. The van der Waals surface area contributed by atoms with Crippen LogP contribution in [0.4, 0.5) is 0 Å². The molecular formula is C31H46IN3. The first kappa shape index (κ1) is 28.0. The maximum absolute atomic E-state index is 4.47. The number of benzene rings is 1. The lowest BCUT2D eigenvalue weighted by molar-refractivity contribution is 0.205. The summed E-state index contributed by atoms with van der Waals surface area (Å²) in [5.74, 6) is 0. The molecule has 0 aliphatic heterocycles. The van der Waals surface area contributed by atoms with E-state index < -0.39 is 0 Å². The van der Waals surface area contributed by atoms with Gasteiger partial charge in [-0.3, -0.25) is 0 Å². The number of alkyl halides is 1. The topological polar surface area (TPSA) is 39.8 Å². The Kier molecular flexibility index (Phi) is 10.5. The summed E-state index contributed by atoms with van der Waals surface area (Å²) in [6, 6.07) is 9.02. The Balaban J connectivity index is 1.82. The van der Waals surface area contributed by atoms with Crippen LogP contribution in [-0.4, -0.2) is 28.0 Å². The Morgan fingerprint density at radius 2 is 1.91 bits per heavy atom. The minimum Gasteiger partial charge on any atom is -0.382 e. The smallest absolute Gasteiger partial charge is 0.0548 e. The third-order valence-corrected chi connectivity index (χ3v) is 9.85. The van der Waals surface area contributed by atoms with Crippen LogP contribution in [0.1, 0.15) is 84.6 Å². The molecule has 1 fully saturated rings. The van der Waals surface area contributed by atoms with Crippen LogP contribution in [0.15, 0.2) is 60.3 Å². The van der Waals surface area contributed by atoms with E-state index in [-0.39, 0.29) is 5.41 Å². The van der Waals surface area contributed by atoms with Gasteiger partial charge in [0.25, 0.3) is 0 Å². The quantitative estimate of drug-likeness (QED) is 0.0952. The maximum Gasteiger partial charge on any atom is 0.0548 e. The van der Waals surface area contributed by atoms with Crippen LogP contribution in [0.3, 0.4) is 0 Å². The fraction of sp³-hybridized carbons (Fsp3) is 0.548. The van der Waals surface area contributed by atoms with Crippen LogP contribution in [0.2, 0.25) is 0 Å². The first-order chi connectivity index (χ1) is 16.8. The number of rotatable bonds is 13. The molecule has 4 heteroatoms. The van der Waals surface area contributed by atoms with Crippen LogP contribution in [0, 0.1) is 5.41 Å². The van der Waals surface area contributed by atoms with E-state index in [4.69, 9.17) is 0 Å². The highest BCUT2D eigenvalue weighted by Crippen LogP contribution is 2.50. The molecule has 1 aromatic heterocycles. The molecular weight excluding hydrogens is 541 g/mol. The summed E-state index contributed by atoms with van der Waals surface area (Å²) < 4.78 is 0.644. The number of hydrogen-bond acceptors (Lipinski definition) is 2. The van der Waals surface area contributed by atoms with Gasteiger partial charge in [0.15, 0.2) is 0 Å². The zero-order valence-corrected chi connectivity index (χ0v) is 24.6. The van der Waals surface area contributed by atoms with Gasteiger partial charge in [0.05, 0.1) is 5.52 Å². The standard InChI is InChI=1S/C31H46IN3/c1-7-8-18-33-20-17-31(24(5)23(4)13-12-22(2)3)21-27(14-15-29(31)32)35-25(6)28-11-9-10-26-16-19-34-30(26)28/h9-11,16,19,27,29,33-35H,2,6-8,12-15,17-18,20-21H2,1,3-5H3/b24-23+. The zero-order valence-electron chi connectivity index (χ0n) is 22.4. The van der Waals surface area contributed by atoms with Crippen LogP contribution in [0.25, 0.3) is 16.6 Å². The van der Waals surface area contributed by atoms with E-state index in [9.17, 15) is 0 Å². The molecule has 1 heterocycles. The van der Waals surface area contributed by atoms with Gasteiger partial charge in [-0.05, 0) is 84.9 Å². The highest BCUT2D eigenvalue weighted by molar-refractivity contribution is 14.1. The van der Waals surface area contributed by atoms with Crippen molar-refractivity contribution >= 4 is 39.2 Å². The van der Waals surface area contributed by atoms with Crippen molar-refractivity contribution in [1.29, 1.82) is 0 Å². The van der Waals surface area contributed by atoms with E-state index >= 15 is 0 Å². The lowest BCUT2D eigenvalue weighted by Gasteiger charge is -2.47. The molecule has 1 aliphatic rings. The average molecular weight is 588 g/mol. The van der Waals surface area contributed by atoms with Crippen molar-refractivity contribution in [3.05, 3.63) is 65.9 Å². The zero-order chi connectivity index (χ0) is 25.4. The second-order valence-electron chi connectivity index (χ2n) is 10.7. The molecule has 3 unspecified atom stereocenters. The summed E-state index contributed by atoms with van der Waals surface area (Å²) in [6.07, 6.45) is 11.5. The molecule has 0 radical (unpaired) electrons. The van der Waals surface area contributed by atoms with E-state index in [1.807, 2.05) is 6.20 Å². The lowest BCUT2D eigenvalue weighted by Crippen LogP contribution is -2.47. The second-order valence-corrected chi connectivity index (χ2v) is 12.2. The molecule has 2 aromatic rings. The summed E-state index contributed by atoms with van der Waals surface area (Å²) >= 11 is 2.76. The number of para-hydroxylation sites is 1. The first-order valence-electron chi connectivity index (χ1n) is 13.5. The van der Waals surface area contributed by atoms with Crippen molar-refractivity contribution in [2.45, 2.75) is 89.0 Å². The molecule has 0 amide bonds. The van der Waals surface area contributed by atoms with Crippen molar-refractivity contribution in [2.75, 3.05) is 13.1 Å². The largest absolute Gasteiger partial charge is 0.382 e. The fourth-order valence-corrected chi connectivity index (χ4v) is 7.06. The summed E-state index contributed by atoms with van der Waals surface area (Å²) in [5, 5.41) is 8.85. The Morgan fingerprint density at radius 1 is 1.11 bits per heavy atom. The van der Waals surface area contributed by atoms with Gasteiger partial charge in [-0.2, -0.15) is 0 Å². The number of nitrogens with one attached hydrogen (secondary N) is 3. The minimum atomic E-state index is 0.202. The highest BCUT2D eigenvalue weighted by Gasteiger charge is 2.44. The molecule has 3 nitrogen and oxygen atoms in total. The molecule has 0 spiro atoms. The highest BCUT2D eigenvalue weighted by atomic mass is 127. The molecule has 3 N–H and O–H groups in total. The van der Waals surface area contributed by atoms with E-state index in [0.29, 0.717) is 9.97 Å². The van der Waals surface area contributed by atoms with Gasteiger partial charge < -0.3 is 15.6 Å². The van der Waals surface area contributed by atoms with Gasteiger partial charge in [0.1, 0.15) is 0 Å². The Hall–Kier alpha value is -1.53. The third-order valence-electron chi connectivity index (χ3n) is 8.04. The fourth-order valence-electron chi connectivity index (χ4n) is 5.66. The predicted octanol–water partition coefficient (Wildman–Crippen LogP) is 8.54. The molecule has 3 rings (SSSR count). The predicted molar refractivity (Wildman–Crippen MR) is 163 cm³/mol. The molecule has 3 atom stereocenters. The molecule has 35 heavy (non-hydrogen) atoms. The van der Waals surface area contributed by atoms with E-state index in [0.717, 1.165) is 38.0 Å². The Labute approximate surface area is 227 Å². The molecule has 0 bridgehead atoms. The van der Waals surface area contributed by atoms with Crippen molar-refractivity contribution in [3.63, 3.8) is 0 Å². The van der Waals surface area contributed by atoms with Gasteiger partial charge in [0.2, 0.25) is 0 Å². The van der Waals surface area contributed by atoms with Crippen LogP contribution >= 0.6 is 22.6 Å². The van der Waals surface area contributed by atoms with Crippen molar-refractivity contribution in [3.8, 4) is 0 Å². The van der Waals surface area contributed by atoms with E-state index in [1.165, 1.54) is 54.1 Å². The SMILES string of the molecule is C=C(C)CC/C(C)=C(\C)C1(CCNCCCC)CC(NC(=C)c2cccc3cc[nH]c23)CCC1I. The molecule has 192 valence electrons. The number of fused-ring (bicyclic) bond motifs is 1. The molecule has 1 aliphatic carbocycles. The van der Waals surface area contributed by atoms with E-state index in [1.54, 1.807) is 11.1 Å². The van der Waals surface area contributed by atoms with Crippen LogP contribution < -0.4 is 10.6 Å². The van der Waals surface area contributed by atoms with Crippen LogP contribution in [0.5, 0.6) is 0 Å². The van der Waals surface area contributed by atoms with Crippen molar-refractivity contribution < 1.29 is 0 Å². The summed E-state index contributed by atoms with van der Waals surface area (Å²) in [7, 11) is 0. The second kappa shape index (κ2) is 13.1. The lowest BCUT2D eigenvalue weighted by atomic mass is 9.64. The van der Waals surface area contributed by atoms with Gasteiger partial charge in [-0.15, -0.1) is 6.58 Å². The molecule has 1 aromatic carbocycles. The summed E-state index contributed by atoms with van der Waals surface area (Å²) in [5.41, 5.74) is 8.03. The number of halogens is 1. The van der Waals surface area contributed by atoms with Crippen molar-refractivity contribution in [2.24, 2.45) is 5.41 Å². The van der Waals surface area contributed by atoms with Gasteiger partial charge in [-0.1, -0.05) is 77.4 Å². The summed E-state index contributed by atoms with van der Waals surface area (Å²) in [6.45, 7) is 20.0. The summed E-state index contributed by atoms with van der Waals surface area (Å²) in [4.78, 5) is 3.41. The van der Waals surface area contributed by atoms with Crippen LogP contribution in [-0.2, 0) is 0 Å². The number of unbranched alkanes of at least 4 members (excludes halogenated alkanes) is 1. The Morgan fingerprint density at radius 3 is 2.66 bits per heavy atom. The number of allylic oxidation sites excluding steroid dienone is 3. The Bertz CT molecular complexity index is 1030. The normalized spacial score (nSPS) is 23.2.